The van der Waals surface area contributed by atoms with Gasteiger partial charge in [-0.15, -0.1) is 0 Å². The summed E-state index contributed by atoms with van der Waals surface area (Å²) in [4.78, 5) is 54.0. The van der Waals surface area contributed by atoms with Crippen LogP contribution in [-0.4, -0.2) is 50.8 Å². The minimum absolute atomic E-state index is 0.0783. The number of likely N-dealkylation sites (tertiary alicyclic amines) is 1. The van der Waals surface area contributed by atoms with E-state index in [1.807, 2.05) is 19.1 Å². The van der Waals surface area contributed by atoms with E-state index in [4.69, 9.17) is 4.74 Å². The average molecular weight is 509 g/mol. The summed E-state index contributed by atoms with van der Waals surface area (Å²) in [6, 6.07) is 11.4. The molecule has 0 N–H and O–H groups in total. The molecule has 0 bridgehead atoms. The Kier molecular flexibility index (Phi) is 7.66. The predicted octanol–water partition coefficient (Wildman–Crippen LogP) is 2.61. The minimum Gasteiger partial charge on any atom is -0.466 e. The molecule has 194 valence electrons. The zero-order valence-corrected chi connectivity index (χ0v) is 21.1. The highest BCUT2D eigenvalue weighted by Crippen LogP contribution is 2.19. The highest BCUT2D eigenvalue weighted by atomic mass is 19.1. The van der Waals surface area contributed by atoms with Crippen molar-refractivity contribution in [1.29, 1.82) is 0 Å². The smallest absolute Gasteiger partial charge is 0.352 e. The first-order valence-electron chi connectivity index (χ1n) is 12.2. The van der Waals surface area contributed by atoms with Crippen LogP contribution in [0.5, 0.6) is 0 Å². The van der Waals surface area contributed by atoms with Gasteiger partial charge in [0.1, 0.15) is 5.82 Å². The number of carbonyl (C=O) groups excluding carboxylic acids is 2. The van der Waals surface area contributed by atoms with Crippen molar-refractivity contribution in [3.8, 4) is 5.69 Å². The second-order valence-electron chi connectivity index (χ2n) is 9.20. The van der Waals surface area contributed by atoms with E-state index in [0.717, 1.165) is 20.9 Å². The van der Waals surface area contributed by atoms with Crippen LogP contribution in [0, 0.1) is 25.6 Å². The fourth-order valence-corrected chi connectivity index (χ4v) is 4.43. The number of piperidine rings is 1. The summed E-state index contributed by atoms with van der Waals surface area (Å²) in [7, 11) is 0. The number of ether oxygens (including phenoxy) is 1. The predicted molar refractivity (Wildman–Crippen MR) is 134 cm³/mol. The summed E-state index contributed by atoms with van der Waals surface area (Å²) in [5.74, 6) is -2.16. The molecule has 1 aromatic heterocycles. The summed E-state index contributed by atoms with van der Waals surface area (Å²) in [6.07, 6.45) is 1.12. The molecule has 4 rings (SSSR count). The highest BCUT2D eigenvalue weighted by Gasteiger charge is 2.32. The van der Waals surface area contributed by atoms with Gasteiger partial charge in [-0.3, -0.25) is 19.0 Å². The molecular formula is C27H29FN4O5. The van der Waals surface area contributed by atoms with Gasteiger partial charge in [0.2, 0.25) is 5.69 Å². The molecule has 0 unspecified atom stereocenters. The van der Waals surface area contributed by atoms with Gasteiger partial charge in [-0.25, -0.2) is 9.18 Å². The summed E-state index contributed by atoms with van der Waals surface area (Å²) >= 11 is 0. The van der Waals surface area contributed by atoms with E-state index >= 15 is 0 Å². The van der Waals surface area contributed by atoms with Gasteiger partial charge in [0.05, 0.1) is 24.8 Å². The van der Waals surface area contributed by atoms with E-state index in [2.05, 4.69) is 5.10 Å². The summed E-state index contributed by atoms with van der Waals surface area (Å²) in [5.41, 5.74) is -0.0330. The molecule has 3 aromatic rings. The molecule has 2 heterocycles. The monoisotopic (exact) mass is 508 g/mol. The van der Waals surface area contributed by atoms with Crippen molar-refractivity contribution in [2.45, 2.75) is 40.2 Å². The lowest BCUT2D eigenvalue weighted by molar-refractivity contribution is -0.149. The lowest BCUT2D eigenvalue weighted by Gasteiger charge is -2.31. The topological polar surface area (TPSA) is 104 Å². The third-order valence-electron chi connectivity index (χ3n) is 6.41. The molecule has 0 saturated carbocycles. The molecule has 0 radical (unpaired) electrons. The largest absolute Gasteiger partial charge is 0.466 e. The van der Waals surface area contributed by atoms with Crippen molar-refractivity contribution in [2.24, 2.45) is 5.92 Å². The lowest BCUT2D eigenvalue weighted by atomic mass is 9.98. The molecule has 2 aromatic carbocycles. The quantitative estimate of drug-likeness (QED) is 0.474. The summed E-state index contributed by atoms with van der Waals surface area (Å²) < 4.78 is 21.3. The van der Waals surface area contributed by atoms with E-state index in [-0.39, 0.29) is 25.4 Å². The number of carbonyl (C=O) groups is 2. The number of hydrogen-bond donors (Lipinski definition) is 0. The zero-order chi connectivity index (χ0) is 26.7. The first-order valence-corrected chi connectivity index (χ1v) is 12.2. The van der Waals surface area contributed by atoms with Crippen molar-refractivity contribution in [3.63, 3.8) is 0 Å². The number of amides is 1. The number of esters is 1. The van der Waals surface area contributed by atoms with Crippen LogP contribution in [0.2, 0.25) is 0 Å². The Bertz CT molecular complexity index is 1460. The van der Waals surface area contributed by atoms with Crippen molar-refractivity contribution >= 4 is 11.9 Å². The molecule has 0 spiro atoms. The first-order chi connectivity index (χ1) is 17.7. The van der Waals surface area contributed by atoms with Crippen LogP contribution in [0.15, 0.2) is 52.1 Å². The normalized spacial score (nSPS) is 15.5. The third-order valence-corrected chi connectivity index (χ3v) is 6.41. The number of rotatable bonds is 6. The molecule has 9 nitrogen and oxygen atoms in total. The molecular weight excluding hydrogens is 479 g/mol. The van der Waals surface area contributed by atoms with Gasteiger partial charge in [0.15, 0.2) is 0 Å². The van der Waals surface area contributed by atoms with Gasteiger partial charge >= 0.3 is 11.7 Å². The molecule has 0 aliphatic carbocycles. The van der Waals surface area contributed by atoms with Crippen LogP contribution >= 0.6 is 0 Å². The van der Waals surface area contributed by atoms with Gasteiger partial charge in [-0.05, 0) is 50.8 Å². The van der Waals surface area contributed by atoms with Crippen molar-refractivity contribution in [2.75, 3.05) is 19.7 Å². The molecule has 1 saturated heterocycles. The minimum atomic E-state index is -0.849. The molecule has 1 aliphatic heterocycles. The van der Waals surface area contributed by atoms with Gasteiger partial charge in [0, 0.05) is 19.2 Å². The maximum absolute atomic E-state index is 14.4. The lowest BCUT2D eigenvalue weighted by Crippen LogP contribution is -2.49. The first kappa shape index (κ1) is 26.0. The van der Waals surface area contributed by atoms with E-state index in [1.165, 1.54) is 17.0 Å². The average Bonchev–Trinajstić information content (AvgIpc) is 2.88. The van der Waals surface area contributed by atoms with Gasteiger partial charge in [0.25, 0.3) is 11.5 Å². The van der Waals surface area contributed by atoms with Gasteiger partial charge in [-0.1, -0.05) is 35.9 Å². The van der Waals surface area contributed by atoms with Crippen LogP contribution in [0.25, 0.3) is 5.69 Å². The standard InChI is InChI=1S/C27H29FN4O5/c1-4-37-26(35)20-9-6-12-30(16-20)24(33)23-25(34)31(15-19-8-5-7-17(2)13-19)27(36)32(29-23)21-11-10-18(3)22(28)14-21/h5,7-8,10-11,13-14,20H,4,6,9,12,15-16H2,1-3H3/t20-/m0/s1. The van der Waals surface area contributed by atoms with Crippen LogP contribution < -0.4 is 11.2 Å². The van der Waals surface area contributed by atoms with Crippen molar-refractivity contribution in [3.05, 3.63) is 91.5 Å². The Morgan fingerprint density at radius 1 is 1.14 bits per heavy atom. The fourth-order valence-electron chi connectivity index (χ4n) is 4.43. The second-order valence-corrected chi connectivity index (χ2v) is 9.20. The van der Waals surface area contributed by atoms with Gasteiger partial charge in [-0.2, -0.15) is 9.78 Å². The second kappa shape index (κ2) is 10.9. The van der Waals surface area contributed by atoms with Crippen LogP contribution in [0.4, 0.5) is 4.39 Å². The third kappa shape index (κ3) is 5.52. The molecule has 1 fully saturated rings. The molecule has 1 atom stereocenters. The van der Waals surface area contributed by atoms with Crippen molar-refractivity contribution < 1.29 is 18.7 Å². The highest BCUT2D eigenvalue weighted by molar-refractivity contribution is 5.92. The Morgan fingerprint density at radius 3 is 2.62 bits per heavy atom. The Morgan fingerprint density at radius 2 is 1.92 bits per heavy atom. The number of hydrogen-bond acceptors (Lipinski definition) is 6. The van der Waals surface area contributed by atoms with E-state index in [9.17, 15) is 23.6 Å². The number of aryl methyl sites for hydroxylation is 2. The zero-order valence-electron chi connectivity index (χ0n) is 21.1. The Labute approximate surface area is 213 Å². The molecule has 1 aliphatic rings. The molecule has 1 amide bonds. The molecule has 37 heavy (non-hydrogen) atoms. The van der Waals surface area contributed by atoms with Crippen LogP contribution in [0.1, 0.15) is 46.9 Å². The maximum Gasteiger partial charge on any atom is 0.352 e. The Balaban J connectivity index is 1.81. The van der Waals surface area contributed by atoms with Crippen molar-refractivity contribution in [1.82, 2.24) is 19.2 Å². The van der Waals surface area contributed by atoms with E-state index < -0.39 is 40.6 Å². The number of halogens is 1. The summed E-state index contributed by atoms with van der Waals surface area (Å²) in [6.45, 7) is 5.72. The SMILES string of the molecule is CCOC(=O)[C@H]1CCCN(C(=O)c2nn(-c3ccc(C)c(F)c3)c(=O)n(Cc3cccc(C)c3)c2=O)C1. The number of aromatic nitrogens is 3. The fraction of sp³-hybridized carbons (Fsp3) is 0.370. The number of nitrogens with zero attached hydrogens (tertiary/aromatic N) is 4. The van der Waals surface area contributed by atoms with Crippen LogP contribution in [0.3, 0.4) is 0 Å². The molecule has 10 heteroatoms. The van der Waals surface area contributed by atoms with Gasteiger partial charge < -0.3 is 9.64 Å². The number of benzene rings is 2. The Hall–Kier alpha value is -4.08. The van der Waals surface area contributed by atoms with E-state index in [1.54, 1.807) is 26.0 Å². The van der Waals surface area contributed by atoms with Crippen LogP contribution in [-0.2, 0) is 16.1 Å². The summed E-state index contributed by atoms with van der Waals surface area (Å²) in [5, 5.41) is 4.11. The van der Waals surface area contributed by atoms with E-state index in [0.29, 0.717) is 30.5 Å². The maximum atomic E-state index is 14.4.